The second-order valence-electron chi connectivity index (χ2n) is 10.4. The summed E-state index contributed by atoms with van der Waals surface area (Å²) < 4.78 is 27.2. The standard InChI is InChI=1S/C28H27Cl3FN5O6/c1-42-26-24(36-11-19(34-35-36)14-7-17(30)23(31)18(32)8-14)25(40)22(12-38)43-27(26)28(41)37(20-3-2-4-21(20)39)16-6-13(10-33)5-15(29)9-16/h5-9,11,20-22,24-27,38-40H,2-4,12H2,1H3/t20-,21-,22-,24+,25+,26-,27-/m1/s1. The molecule has 1 saturated heterocycles. The monoisotopic (exact) mass is 653 g/mol. The van der Waals surface area contributed by atoms with E-state index in [0.29, 0.717) is 19.3 Å². The average Bonchev–Trinajstić information content (AvgIpc) is 3.64. The van der Waals surface area contributed by atoms with Gasteiger partial charge >= 0.3 is 0 Å². The average molecular weight is 655 g/mol. The van der Waals surface area contributed by atoms with Crippen molar-refractivity contribution in [3.8, 4) is 17.3 Å². The Hall–Kier alpha value is -2.86. The van der Waals surface area contributed by atoms with Crippen LogP contribution in [0.1, 0.15) is 30.9 Å². The third-order valence-electron chi connectivity index (χ3n) is 7.78. The fraction of sp³-hybridized carbons (Fsp3) is 0.429. The van der Waals surface area contributed by atoms with Crippen LogP contribution in [0.25, 0.3) is 11.3 Å². The molecule has 15 heteroatoms. The smallest absolute Gasteiger partial charge is 0.259 e. The highest BCUT2D eigenvalue weighted by molar-refractivity contribution is 6.42. The Kier molecular flexibility index (Phi) is 9.55. The molecule has 43 heavy (non-hydrogen) atoms. The lowest BCUT2D eigenvalue weighted by atomic mass is 9.91. The van der Waals surface area contributed by atoms with Gasteiger partial charge in [0.25, 0.3) is 5.91 Å². The molecule has 0 unspecified atom stereocenters. The Labute approximate surface area is 260 Å². The van der Waals surface area contributed by atoms with Crippen molar-refractivity contribution in [3.05, 3.63) is 63.0 Å². The molecule has 1 aliphatic heterocycles. The Bertz CT molecular complexity index is 1530. The van der Waals surface area contributed by atoms with Crippen LogP contribution in [0.3, 0.4) is 0 Å². The molecule has 1 aliphatic carbocycles. The first-order valence-electron chi connectivity index (χ1n) is 13.3. The van der Waals surface area contributed by atoms with E-state index < -0.39 is 60.9 Å². The van der Waals surface area contributed by atoms with Crippen LogP contribution >= 0.6 is 34.8 Å². The van der Waals surface area contributed by atoms with E-state index in [1.165, 1.54) is 47.2 Å². The van der Waals surface area contributed by atoms with Gasteiger partial charge in [-0.15, -0.1) is 5.10 Å². The summed E-state index contributed by atoms with van der Waals surface area (Å²) in [5, 5.41) is 49.8. The maximum atomic E-state index is 14.4. The number of carbonyl (C=O) groups excluding carboxylic acids is 1. The van der Waals surface area contributed by atoms with Crippen molar-refractivity contribution in [1.82, 2.24) is 15.0 Å². The van der Waals surface area contributed by atoms with Crippen molar-refractivity contribution in [2.75, 3.05) is 18.6 Å². The molecular weight excluding hydrogens is 628 g/mol. The summed E-state index contributed by atoms with van der Waals surface area (Å²) in [5.41, 5.74) is 0.922. The summed E-state index contributed by atoms with van der Waals surface area (Å²) in [6, 6.07) is 7.21. The summed E-state index contributed by atoms with van der Waals surface area (Å²) in [4.78, 5) is 15.7. The van der Waals surface area contributed by atoms with Crippen molar-refractivity contribution < 1.29 is 34.0 Å². The third kappa shape index (κ3) is 6.09. The van der Waals surface area contributed by atoms with Crippen molar-refractivity contribution in [2.24, 2.45) is 0 Å². The number of halogens is 4. The number of methoxy groups -OCH3 is 1. The molecule has 2 aromatic carbocycles. The molecule has 11 nitrogen and oxygen atoms in total. The van der Waals surface area contributed by atoms with Gasteiger partial charge in [0, 0.05) is 23.4 Å². The number of carbonyl (C=O) groups is 1. The fourth-order valence-corrected chi connectivity index (χ4v) is 6.28. The number of benzene rings is 2. The van der Waals surface area contributed by atoms with Gasteiger partial charge in [0.15, 0.2) is 6.10 Å². The lowest BCUT2D eigenvalue weighted by Gasteiger charge is -2.45. The number of amides is 1. The molecule has 3 aromatic rings. The van der Waals surface area contributed by atoms with E-state index >= 15 is 0 Å². The molecule has 0 bridgehead atoms. The molecular formula is C28H27Cl3FN5O6. The second kappa shape index (κ2) is 13.0. The zero-order valence-electron chi connectivity index (χ0n) is 22.6. The molecule has 0 radical (unpaired) electrons. The lowest BCUT2D eigenvalue weighted by molar-refractivity contribution is -0.211. The molecule has 1 saturated carbocycles. The molecule has 7 atom stereocenters. The topological polar surface area (TPSA) is 154 Å². The number of hydrogen-bond acceptors (Lipinski definition) is 9. The summed E-state index contributed by atoms with van der Waals surface area (Å²) in [5.74, 6) is -1.41. The Morgan fingerprint density at radius 2 is 2.00 bits per heavy atom. The minimum atomic E-state index is -1.42. The van der Waals surface area contributed by atoms with E-state index in [4.69, 9.17) is 44.3 Å². The van der Waals surface area contributed by atoms with Crippen molar-refractivity contribution in [1.29, 1.82) is 5.26 Å². The quantitative estimate of drug-likeness (QED) is 0.325. The molecule has 2 aliphatic rings. The number of aliphatic hydroxyl groups excluding tert-OH is 3. The van der Waals surface area contributed by atoms with Crippen LogP contribution in [0.15, 0.2) is 36.5 Å². The predicted molar refractivity (Wildman–Crippen MR) is 154 cm³/mol. The number of anilines is 1. The highest BCUT2D eigenvalue weighted by Gasteiger charge is 2.52. The van der Waals surface area contributed by atoms with Gasteiger partial charge in [-0.2, -0.15) is 5.26 Å². The molecule has 3 N–H and O–H groups in total. The molecule has 2 heterocycles. The van der Waals surface area contributed by atoms with Gasteiger partial charge in [-0.3, -0.25) is 4.79 Å². The third-order valence-corrected chi connectivity index (χ3v) is 8.78. The van der Waals surface area contributed by atoms with Crippen LogP contribution in [0, 0.1) is 17.1 Å². The Morgan fingerprint density at radius 3 is 2.63 bits per heavy atom. The number of aromatic nitrogens is 3. The van der Waals surface area contributed by atoms with Gasteiger partial charge in [-0.25, -0.2) is 9.07 Å². The molecule has 5 rings (SSSR count). The first-order chi connectivity index (χ1) is 20.6. The van der Waals surface area contributed by atoms with Gasteiger partial charge in [0.1, 0.15) is 35.9 Å². The molecule has 1 aromatic heterocycles. The fourth-order valence-electron chi connectivity index (χ4n) is 5.74. The van der Waals surface area contributed by atoms with E-state index in [1.807, 2.05) is 6.07 Å². The van der Waals surface area contributed by atoms with Crippen molar-refractivity contribution in [2.45, 2.75) is 61.9 Å². The molecule has 2 fully saturated rings. The molecule has 1 amide bonds. The predicted octanol–water partition coefficient (Wildman–Crippen LogP) is 3.54. The second-order valence-corrected chi connectivity index (χ2v) is 11.6. The Balaban J connectivity index is 1.55. The number of rotatable bonds is 7. The number of aliphatic hydroxyl groups is 3. The van der Waals surface area contributed by atoms with Crippen LogP contribution in [-0.4, -0.2) is 86.5 Å². The summed E-state index contributed by atoms with van der Waals surface area (Å²) in [6.45, 7) is -0.654. The minimum Gasteiger partial charge on any atom is -0.394 e. The van der Waals surface area contributed by atoms with Crippen LogP contribution in [-0.2, 0) is 14.3 Å². The first kappa shape index (κ1) is 31.6. The van der Waals surface area contributed by atoms with Crippen molar-refractivity contribution in [3.63, 3.8) is 0 Å². The number of ether oxygens (including phenoxy) is 2. The van der Waals surface area contributed by atoms with E-state index in [1.54, 1.807) is 0 Å². The highest BCUT2D eigenvalue weighted by atomic mass is 35.5. The first-order valence-corrected chi connectivity index (χ1v) is 14.5. The zero-order valence-corrected chi connectivity index (χ0v) is 24.9. The SMILES string of the molecule is CO[C@@H]1[C@@H](n2cc(-c3cc(F)c(Cl)c(Cl)c3)nn2)[C@@H](O)[C@@H](CO)O[C@H]1C(=O)N(c1cc(Cl)cc(C#N)c1)[C@@H]1CCC[C@H]1O. The molecule has 228 valence electrons. The van der Waals surface area contributed by atoms with Crippen LogP contribution < -0.4 is 4.90 Å². The van der Waals surface area contributed by atoms with Gasteiger partial charge < -0.3 is 29.7 Å². The van der Waals surface area contributed by atoms with E-state index in [0.717, 1.165) is 6.07 Å². The van der Waals surface area contributed by atoms with Gasteiger partial charge in [0.2, 0.25) is 0 Å². The van der Waals surface area contributed by atoms with Crippen molar-refractivity contribution >= 4 is 46.4 Å². The van der Waals surface area contributed by atoms with Gasteiger partial charge in [-0.05, 0) is 49.6 Å². The number of nitriles is 1. The van der Waals surface area contributed by atoms with Gasteiger partial charge in [0.05, 0.1) is 46.6 Å². The summed E-state index contributed by atoms with van der Waals surface area (Å²) in [6.07, 6.45) is -3.13. The van der Waals surface area contributed by atoms with Crippen LogP contribution in [0.2, 0.25) is 15.1 Å². The van der Waals surface area contributed by atoms with E-state index in [2.05, 4.69) is 10.3 Å². The maximum Gasteiger partial charge on any atom is 0.259 e. The number of hydrogen-bond donors (Lipinski definition) is 3. The highest BCUT2D eigenvalue weighted by Crippen LogP contribution is 2.38. The van der Waals surface area contributed by atoms with Crippen LogP contribution in [0.5, 0.6) is 0 Å². The lowest BCUT2D eigenvalue weighted by Crippen LogP contribution is -2.62. The molecule has 0 spiro atoms. The largest absolute Gasteiger partial charge is 0.394 e. The number of nitrogens with zero attached hydrogens (tertiary/aromatic N) is 5. The van der Waals surface area contributed by atoms with Crippen LogP contribution in [0.4, 0.5) is 10.1 Å². The van der Waals surface area contributed by atoms with E-state index in [9.17, 15) is 29.8 Å². The summed E-state index contributed by atoms with van der Waals surface area (Å²) in [7, 11) is 1.32. The van der Waals surface area contributed by atoms with E-state index in [-0.39, 0.29) is 37.6 Å². The maximum absolute atomic E-state index is 14.4. The zero-order chi connectivity index (χ0) is 31.0. The summed E-state index contributed by atoms with van der Waals surface area (Å²) >= 11 is 18.2. The van der Waals surface area contributed by atoms with Gasteiger partial charge in [-0.1, -0.05) is 40.0 Å². The Morgan fingerprint density at radius 1 is 1.23 bits per heavy atom. The normalized spacial score (nSPS) is 27.2. The minimum absolute atomic E-state index is 0.0344.